The maximum Gasteiger partial charge on any atom is 0.357 e. The van der Waals surface area contributed by atoms with Crippen LogP contribution >= 0.6 is 0 Å². The zero-order valence-electron chi connectivity index (χ0n) is 7.20. The molecule has 3 heteroatoms. The quantitative estimate of drug-likeness (QED) is 0.624. The maximum absolute atomic E-state index is 11.2. The molecular formula is C9H11NO2. The summed E-state index contributed by atoms with van der Waals surface area (Å²) >= 11 is 0. The van der Waals surface area contributed by atoms with Gasteiger partial charge in [0.1, 0.15) is 0 Å². The number of pyridine rings is 1. The molecule has 0 aliphatic rings. The van der Waals surface area contributed by atoms with Crippen LogP contribution in [0.3, 0.4) is 0 Å². The number of esters is 1. The van der Waals surface area contributed by atoms with Crippen molar-refractivity contribution in [2.75, 3.05) is 6.61 Å². The van der Waals surface area contributed by atoms with Crippen molar-refractivity contribution >= 4 is 5.97 Å². The van der Waals surface area contributed by atoms with E-state index < -0.39 is 0 Å². The third-order valence-corrected chi connectivity index (χ3v) is 1.48. The number of carbonyl (C=O) groups excluding carboxylic acids is 1. The third kappa shape index (κ3) is 1.81. The Morgan fingerprint density at radius 3 is 3.00 bits per heavy atom. The fourth-order valence-electron chi connectivity index (χ4n) is 0.899. The number of hydrogen-bond acceptors (Lipinski definition) is 3. The fourth-order valence-corrected chi connectivity index (χ4v) is 0.899. The van der Waals surface area contributed by atoms with Crippen LogP contribution in [0.15, 0.2) is 18.3 Å². The van der Waals surface area contributed by atoms with Gasteiger partial charge in [0, 0.05) is 6.20 Å². The third-order valence-electron chi connectivity index (χ3n) is 1.48. The first-order chi connectivity index (χ1) is 5.75. The van der Waals surface area contributed by atoms with Gasteiger partial charge < -0.3 is 4.74 Å². The lowest BCUT2D eigenvalue weighted by molar-refractivity contribution is 0.0518. The van der Waals surface area contributed by atoms with Crippen molar-refractivity contribution in [3.63, 3.8) is 0 Å². The van der Waals surface area contributed by atoms with Gasteiger partial charge in [0.15, 0.2) is 5.69 Å². The molecule has 0 aromatic carbocycles. The number of aromatic nitrogens is 1. The summed E-state index contributed by atoms with van der Waals surface area (Å²) in [7, 11) is 0. The van der Waals surface area contributed by atoms with Crippen LogP contribution in [0.5, 0.6) is 0 Å². The Bertz CT molecular complexity index is 284. The Morgan fingerprint density at radius 2 is 2.42 bits per heavy atom. The van der Waals surface area contributed by atoms with Gasteiger partial charge in [-0.05, 0) is 25.5 Å². The van der Waals surface area contributed by atoms with Crippen LogP contribution in [0, 0.1) is 6.92 Å². The molecule has 0 spiro atoms. The van der Waals surface area contributed by atoms with Crippen molar-refractivity contribution in [1.29, 1.82) is 0 Å². The van der Waals surface area contributed by atoms with Crippen LogP contribution in [0.1, 0.15) is 23.0 Å². The second-order valence-corrected chi connectivity index (χ2v) is 2.39. The number of rotatable bonds is 2. The Morgan fingerprint density at radius 1 is 1.67 bits per heavy atom. The zero-order valence-corrected chi connectivity index (χ0v) is 7.20. The van der Waals surface area contributed by atoms with Crippen molar-refractivity contribution < 1.29 is 9.53 Å². The number of carbonyl (C=O) groups is 1. The van der Waals surface area contributed by atoms with E-state index in [2.05, 4.69) is 4.98 Å². The normalized spacial score (nSPS) is 9.50. The van der Waals surface area contributed by atoms with Gasteiger partial charge in [-0.3, -0.25) is 0 Å². The Labute approximate surface area is 71.4 Å². The molecule has 0 radical (unpaired) electrons. The van der Waals surface area contributed by atoms with E-state index in [-0.39, 0.29) is 5.97 Å². The molecule has 0 unspecified atom stereocenters. The highest BCUT2D eigenvalue weighted by Gasteiger charge is 2.09. The first-order valence-corrected chi connectivity index (χ1v) is 3.84. The molecule has 1 aromatic heterocycles. The first-order valence-electron chi connectivity index (χ1n) is 3.84. The molecule has 0 saturated carbocycles. The van der Waals surface area contributed by atoms with E-state index in [0.29, 0.717) is 12.3 Å². The van der Waals surface area contributed by atoms with Crippen LogP contribution in [0.25, 0.3) is 0 Å². The second kappa shape index (κ2) is 3.85. The van der Waals surface area contributed by atoms with Gasteiger partial charge >= 0.3 is 5.97 Å². The minimum atomic E-state index is -0.351. The molecule has 1 rings (SSSR count). The number of ether oxygens (including phenoxy) is 1. The smallest absolute Gasteiger partial charge is 0.357 e. The van der Waals surface area contributed by atoms with Gasteiger partial charge in [-0.1, -0.05) is 6.07 Å². The van der Waals surface area contributed by atoms with Gasteiger partial charge in [0.25, 0.3) is 0 Å². The summed E-state index contributed by atoms with van der Waals surface area (Å²) in [6.45, 7) is 3.99. The van der Waals surface area contributed by atoms with Crippen molar-refractivity contribution in [3.05, 3.63) is 29.6 Å². The standard InChI is InChI=1S/C9H11NO2/c1-3-12-9(11)8-7(2)5-4-6-10-8/h4-6H,3H2,1-2H3. The molecule has 0 saturated heterocycles. The molecule has 0 amide bonds. The summed E-state index contributed by atoms with van der Waals surface area (Å²) in [6.07, 6.45) is 1.58. The highest BCUT2D eigenvalue weighted by Crippen LogP contribution is 2.04. The van der Waals surface area contributed by atoms with E-state index >= 15 is 0 Å². The highest BCUT2D eigenvalue weighted by atomic mass is 16.5. The molecule has 1 aromatic rings. The van der Waals surface area contributed by atoms with Crippen LogP contribution in [-0.2, 0) is 4.74 Å². The summed E-state index contributed by atoms with van der Waals surface area (Å²) in [4.78, 5) is 15.1. The highest BCUT2D eigenvalue weighted by molar-refractivity contribution is 5.88. The molecule has 0 aliphatic carbocycles. The molecular weight excluding hydrogens is 154 g/mol. The average molecular weight is 165 g/mol. The lowest BCUT2D eigenvalue weighted by Crippen LogP contribution is -2.08. The van der Waals surface area contributed by atoms with Crippen molar-refractivity contribution in [2.45, 2.75) is 13.8 Å². The molecule has 0 aliphatic heterocycles. The number of nitrogens with zero attached hydrogens (tertiary/aromatic N) is 1. The first kappa shape index (κ1) is 8.71. The predicted molar refractivity (Wildman–Crippen MR) is 44.9 cm³/mol. The molecule has 0 bridgehead atoms. The number of aryl methyl sites for hydroxylation is 1. The van der Waals surface area contributed by atoms with Gasteiger partial charge in [0.05, 0.1) is 6.61 Å². The lowest BCUT2D eigenvalue weighted by atomic mass is 10.2. The predicted octanol–water partition coefficient (Wildman–Crippen LogP) is 1.57. The number of hydrogen-bond donors (Lipinski definition) is 0. The van der Waals surface area contributed by atoms with Crippen molar-refractivity contribution in [1.82, 2.24) is 4.98 Å². The van der Waals surface area contributed by atoms with Gasteiger partial charge in [-0.15, -0.1) is 0 Å². The molecule has 12 heavy (non-hydrogen) atoms. The van der Waals surface area contributed by atoms with Gasteiger partial charge in [0.2, 0.25) is 0 Å². The summed E-state index contributed by atoms with van der Waals surface area (Å²) < 4.78 is 4.81. The van der Waals surface area contributed by atoms with Crippen molar-refractivity contribution in [3.8, 4) is 0 Å². The maximum atomic E-state index is 11.2. The summed E-state index contributed by atoms with van der Waals surface area (Å²) in [5.74, 6) is -0.351. The lowest BCUT2D eigenvalue weighted by Gasteiger charge is -2.02. The average Bonchev–Trinajstić information content (AvgIpc) is 2.05. The van der Waals surface area contributed by atoms with Crippen LogP contribution in [-0.4, -0.2) is 17.6 Å². The molecule has 64 valence electrons. The zero-order chi connectivity index (χ0) is 8.97. The van der Waals surface area contributed by atoms with E-state index in [1.165, 1.54) is 0 Å². The van der Waals surface area contributed by atoms with Crippen LogP contribution in [0.4, 0.5) is 0 Å². The van der Waals surface area contributed by atoms with Crippen LogP contribution < -0.4 is 0 Å². The minimum absolute atomic E-state index is 0.351. The summed E-state index contributed by atoms with van der Waals surface area (Å²) in [5, 5.41) is 0. The van der Waals surface area contributed by atoms with E-state index in [1.807, 2.05) is 13.0 Å². The van der Waals surface area contributed by atoms with Gasteiger partial charge in [-0.2, -0.15) is 0 Å². The summed E-state index contributed by atoms with van der Waals surface area (Å²) in [6, 6.07) is 3.62. The molecule has 0 fully saturated rings. The Balaban J connectivity index is 2.87. The largest absolute Gasteiger partial charge is 0.461 e. The Kier molecular flexibility index (Phi) is 2.80. The summed E-state index contributed by atoms with van der Waals surface area (Å²) in [5.41, 5.74) is 1.25. The van der Waals surface area contributed by atoms with Gasteiger partial charge in [-0.25, -0.2) is 9.78 Å². The minimum Gasteiger partial charge on any atom is -0.461 e. The topological polar surface area (TPSA) is 39.2 Å². The molecule has 0 atom stereocenters. The molecule has 1 heterocycles. The van der Waals surface area contributed by atoms with E-state index in [9.17, 15) is 4.79 Å². The van der Waals surface area contributed by atoms with E-state index in [1.54, 1.807) is 19.2 Å². The molecule has 3 nitrogen and oxygen atoms in total. The van der Waals surface area contributed by atoms with E-state index in [0.717, 1.165) is 5.56 Å². The van der Waals surface area contributed by atoms with Crippen LogP contribution in [0.2, 0.25) is 0 Å². The molecule has 0 N–H and O–H groups in total. The van der Waals surface area contributed by atoms with Crippen molar-refractivity contribution in [2.24, 2.45) is 0 Å². The van der Waals surface area contributed by atoms with E-state index in [4.69, 9.17) is 4.74 Å². The second-order valence-electron chi connectivity index (χ2n) is 2.39. The Hall–Kier alpha value is -1.38. The monoisotopic (exact) mass is 165 g/mol. The SMILES string of the molecule is CCOC(=O)c1ncccc1C. The fraction of sp³-hybridized carbons (Fsp3) is 0.333.